The van der Waals surface area contributed by atoms with E-state index in [1.54, 1.807) is 6.08 Å². The van der Waals surface area contributed by atoms with E-state index in [0.29, 0.717) is 5.69 Å². The number of anilines is 2. The lowest BCUT2D eigenvalue weighted by Crippen LogP contribution is -2.27. The summed E-state index contributed by atoms with van der Waals surface area (Å²) in [6, 6.07) is 3.97. The number of non-ortho nitro benzene ring substituents is 1. The highest BCUT2D eigenvalue weighted by atomic mass is 16.6. The van der Waals surface area contributed by atoms with E-state index in [0.717, 1.165) is 7.11 Å². The van der Waals surface area contributed by atoms with Crippen molar-refractivity contribution in [1.29, 1.82) is 0 Å². The standard InChI is InChI=1S/C18H19N3O7/c1-27-17(23)13-5-3-4-9-20(16(13)18(24)28-2)15-11-12(21(25)26)6-7-14(15)19-8-10-22/h3-7,9,11,19,22H,8,10H2,1-2H3. The van der Waals surface area contributed by atoms with E-state index in [2.05, 4.69) is 5.32 Å². The van der Waals surface area contributed by atoms with Gasteiger partial charge in [-0.3, -0.25) is 10.1 Å². The predicted molar refractivity (Wildman–Crippen MR) is 100 cm³/mol. The van der Waals surface area contributed by atoms with Crippen molar-refractivity contribution in [2.45, 2.75) is 0 Å². The number of methoxy groups -OCH3 is 2. The molecule has 1 aliphatic heterocycles. The Balaban J connectivity index is 2.74. The number of nitro benzene ring substituents is 1. The molecule has 1 aliphatic rings. The topological polar surface area (TPSA) is 131 Å². The number of rotatable bonds is 7. The van der Waals surface area contributed by atoms with Gasteiger partial charge in [0.1, 0.15) is 5.70 Å². The van der Waals surface area contributed by atoms with Gasteiger partial charge in [-0.2, -0.15) is 0 Å². The average Bonchev–Trinajstić information content (AvgIpc) is 2.93. The number of aliphatic hydroxyl groups excluding tert-OH is 1. The smallest absolute Gasteiger partial charge is 0.355 e. The first-order chi connectivity index (χ1) is 13.4. The molecule has 0 unspecified atom stereocenters. The molecule has 0 aliphatic carbocycles. The number of nitro groups is 1. The van der Waals surface area contributed by atoms with Gasteiger partial charge in [0.25, 0.3) is 5.69 Å². The molecule has 0 saturated carbocycles. The molecule has 0 amide bonds. The van der Waals surface area contributed by atoms with E-state index in [9.17, 15) is 19.7 Å². The fourth-order valence-corrected chi connectivity index (χ4v) is 2.52. The molecule has 28 heavy (non-hydrogen) atoms. The molecule has 10 heteroatoms. The van der Waals surface area contributed by atoms with Crippen LogP contribution in [0.2, 0.25) is 0 Å². The number of benzene rings is 1. The number of hydrogen-bond acceptors (Lipinski definition) is 9. The van der Waals surface area contributed by atoms with Crippen molar-refractivity contribution in [1.82, 2.24) is 0 Å². The Hall–Kier alpha value is -3.66. The van der Waals surface area contributed by atoms with Crippen LogP contribution in [0.4, 0.5) is 17.1 Å². The van der Waals surface area contributed by atoms with Crippen LogP contribution < -0.4 is 10.2 Å². The molecule has 1 heterocycles. The van der Waals surface area contributed by atoms with Gasteiger partial charge in [0, 0.05) is 24.9 Å². The van der Waals surface area contributed by atoms with Crippen molar-refractivity contribution in [3.8, 4) is 0 Å². The summed E-state index contributed by atoms with van der Waals surface area (Å²) in [6.45, 7) is -0.0112. The van der Waals surface area contributed by atoms with Crippen molar-refractivity contribution in [3.63, 3.8) is 0 Å². The van der Waals surface area contributed by atoms with Crippen LogP contribution in [0.15, 0.2) is 53.9 Å². The van der Waals surface area contributed by atoms with Crippen LogP contribution in [0.1, 0.15) is 0 Å². The summed E-state index contributed by atoms with van der Waals surface area (Å²) in [6.07, 6.45) is 5.91. The Bertz CT molecular complexity index is 874. The third-order valence-corrected chi connectivity index (χ3v) is 3.77. The maximum atomic E-state index is 12.5. The number of allylic oxidation sites excluding steroid dienone is 2. The summed E-state index contributed by atoms with van der Waals surface area (Å²) >= 11 is 0. The summed E-state index contributed by atoms with van der Waals surface area (Å²) in [5, 5.41) is 23.2. The highest BCUT2D eigenvalue weighted by Gasteiger charge is 2.29. The molecular formula is C18H19N3O7. The Labute approximate surface area is 160 Å². The van der Waals surface area contributed by atoms with Gasteiger partial charge in [-0.25, -0.2) is 9.59 Å². The fourth-order valence-electron chi connectivity index (χ4n) is 2.52. The van der Waals surface area contributed by atoms with Crippen LogP contribution in [0.5, 0.6) is 0 Å². The first-order valence-electron chi connectivity index (χ1n) is 8.12. The second-order valence-corrected chi connectivity index (χ2v) is 5.43. The van der Waals surface area contributed by atoms with E-state index < -0.39 is 16.9 Å². The van der Waals surface area contributed by atoms with E-state index >= 15 is 0 Å². The third kappa shape index (κ3) is 4.35. The van der Waals surface area contributed by atoms with Crippen molar-refractivity contribution in [2.24, 2.45) is 0 Å². The van der Waals surface area contributed by atoms with Crippen LogP contribution >= 0.6 is 0 Å². The van der Waals surface area contributed by atoms with Crippen LogP contribution in [0.25, 0.3) is 0 Å². The molecule has 0 radical (unpaired) electrons. The Morgan fingerprint density at radius 1 is 1.21 bits per heavy atom. The Morgan fingerprint density at radius 3 is 2.54 bits per heavy atom. The lowest BCUT2D eigenvalue weighted by Gasteiger charge is -2.25. The zero-order chi connectivity index (χ0) is 20.7. The van der Waals surface area contributed by atoms with E-state index in [-0.39, 0.29) is 35.8 Å². The lowest BCUT2D eigenvalue weighted by atomic mass is 10.1. The molecule has 0 fully saturated rings. The van der Waals surface area contributed by atoms with Gasteiger partial charge in [-0.15, -0.1) is 0 Å². The maximum absolute atomic E-state index is 12.5. The molecule has 148 valence electrons. The van der Waals surface area contributed by atoms with Crippen LogP contribution in [0.3, 0.4) is 0 Å². The second kappa shape index (κ2) is 9.33. The molecular weight excluding hydrogens is 370 g/mol. The van der Waals surface area contributed by atoms with Gasteiger partial charge >= 0.3 is 11.9 Å². The van der Waals surface area contributed by atoms with Crippen molar-refractivity contribution in [3.05, 3.63) is 64.0 Å². The fraction of sp³-hybridized carbons (Fsp3) is 0.222. The predicted octanol–water partition coefficient (Wildman–Crippen LogP) is 1.49. The second-order valence-electron chi connectivity index (χ2n) is 5.43. The molecule has 2 N–H and O–H groups in total. The van der Waals surface area contributed by atoms with Crippen LogP contribution in [-0.4, -0.2) is 49.3 Å². The van der Waals surface area contributed by atoms with Gasteiger partial charge in [-0.1, -0.05) is 6.08 Å². The van der Waals surface area contributed by atoms with Crippen LogP contribution in [0, 0.1) is 10.1 Å². The lowest BCUT2D eigenvalue weighted by molar-refractivity contribution is -0.384. The molecule has 1 aromatic carbocycles. The zero-order valence-electron chi connectivity index (χ0n) is 15.2. The summed E-state index contributed by atoms with van der Waals surface area (Å²) in [5.41, 5.74) is 0.131. The monoisotopic (exact) mass is 389 g/mol. The van der Waals surface area contributed by atoms with Crippen molar-refractivity contribution < 1.29 is 29.1 Å². The molecule has 10 nitrogen and oxygen atoms in total. The molecule has 0 spiro atoms. The number of carbonyl (C=O) groups excluding carboxylic acids is 2. The van der Waals surface area contributed by atoms with Gasteiger partial charge < -0.3 is 24.8 Å². The highest BCUT2D eigenvalue weighted by molar-refractivity contribution is 6.06. The number of carbonyl (C=O) groups is 2. The normalized spacial score (nSPS) is 13.2. The SMILES string of the molecule is COC(=O)C1=C(C(=O)OC)N(c2cc([N+](=O)[O-])ccc2NCCO)C=CC=C1. The number of aliphatic hydroxyl groups is 1. The van der Waals surface area contributed by atoms with Crippen molar-refractivity contribution in [2.75, 3.05) is 37.6 Å². The van der Waals surface area contributed by atoms with Gasteiger partial charge in [0.05, 0.1) is 42.7 Å². The van der Waals surface area contributed by atoms with E-state index in [4.69, 9.17) is 14.6 Å². The van der Waals surface area contributed by atoms with E-state index in [1.165, 1.54) is 48.6 Å². The number of hydrogen-bond donors (Lipinski definition) is 2. The first-order valence-corrected chi connectivity index (χ1v) is 8.12. The molecule has 0 aromatic heterocycles. The van der Waals surface area contributed by atoms with Gasteiger partial charge in [0.2, 0.25) is 0 Å². The summed E-state index contributed by atoms with van der Waals surface area (Å²) in [7, 11) is 2.32. The largest absolute Gasteiger partial charge is 0.465 e. The maximum Gasteiger partial charge on any atom is 0.355 e. The average molecular weight is 389 g/mol. The Kier molecular flexibility index (Phi) is 6.88. The number of nitrogens with one attached hydrogen (secondary N) is 1. The quantitative estimate of drug-likeness (QED) is 0.404. The molecule has 1 aromatic rings. The van der Waals surface area contributed by atoms with Gasteiger partial charge in [0.15, 0.2) is 0 Å². The minimum absolute atomic E-state index is 0.0843. The summed E-state index contributed by atoms with van der Waals surface area (Å²) in [5.74, 6) is -1.61. The summed E-state index contributed by atoms with van der Waals surface area (Å²) in [4.78, 5) is 36.6. The van der Waals surface area contributed by atoms with Crippen molar-refractivity contribution >= 4 is 29.0 Å². The highest BCUT2D eigenvalue weighted by Crippen LogP contribution is 2.35. The minimum Gasteiger partial charge on any atom is -0.465 e. The third-order valence-electron chi connectivity index (χ3n) is 3.77. The number of ether oxygens (including phenoxy) is 2. The number of esters is 2. The minimum atomic E-state index is -0.837. The molecule has 0 bridgehead atoms. The van der Waals surface area contributed by atoms with E-state index in [1.807, 2.05) is 0 Å². The first kappa shape index (κ1) is 20.6. The van der Waals surface area contributed by atoms with Gasteiger partial charge in [-0.05, 0) is 18.2 Å². The summed E-state index contributed by atoms with van der Waals surface area (Å²) < 4.78 is 9.56. The Morgan fingerprint density at radius 2 is 1.93 bits per heavy atom. The zero-order valence-corrected chi connectivity index (χ0v) is 15.2. The molecule has 0 atom stereocenters. The molecule has 2 rings (SSSR count). The molecule has 0 saturated heterocycles. The van der Waals surface area contributed by atoms with Crippen LogP contribution in [-0.2, 0) is 19.1 Å². The number of nitrogens with zero attached hydrogens (tertiary/aromatic N) is 2.